The van der Waals surface area contributed by atoms with E-state index < -0.39 is 0 Å². The van der Waals surface area contributed by atoms with Gasteiger partial charge in [-0.15, -0.1) is 0 Å². The van der Waals surface area contributed by atoms with Crippen LogP contribution in [0.2, 0.25) is 0 Å². The number of hydrogen-bond acceptors (Lipinski definition) is 3. The SMILES string of the molecule is COc1ccc(CC(=O)Nc2ccc(-c3cc4ccccc4[nH]3)cc2)cc1OC. The summed E-state index contributed by atoms with van der Waals surface area (Å²) < 4.78 is 10.5. The number of para-hydroxylation sites is 1. The molecule has 0 saturated heterocycles. The summed E-state index contributed by atoms with van der Waals surface area (Å²) in [7, 11) is 3.17. The molecule has 0 unspecified atom stereocenters. The second-order valence-electron chi connectivity index (χ2n) is 6.76. The molecule has 0 bridgehead atoms. The lowest BCUT2D eigenvalue weighted by Gasteiger charge is -2.10. The van der Waals surface area contributed by atoms with Crippen molar-refractivity contribution in [3.8, 4) is 22.8 Å². The molecule has 0 aliphatic carbocycles. The lowest BCUT2D eigenvalue weighted by atomic mass is 10.1. The first-order valence-corrected chi connectivity index (χ1v) is 9.35. The van der Waals surface area contributed by atoms with Crippen LogP contribution < -0.4 is 14.8 Å². The van der Waals surface area contributed by atoms with E-state index in [0.717, 1.165) is 28.0 Å². The summed E-state index contributed by atoms with van der Waals surface area (Å²) in [6.07, 6.45) is 0.254. The fourth-order valence-corrected chi connectivity index (χ4v) is 3.34. The zero-order valence-electron chi connectivity index (χ0n) is 16.4. The Morgan fingerprint density at radius 1 is 0.897 bits per heavy atom. The molecule has 146 valence electrons. The lowest BCUT2D eigenvalue weighted by molar-refractivity contribution is -0.115. The molecule has 4 aromatic rings. The highest BCUT2D eigenvalue weighted by molar-refractivity contribution is 5.93. The maximum absolute atomic E-state index is 12.4. The molecular formula is C24H22N2O3. The first-order chi connectivity index (χ1) is 14.2. The summed E-state index contributed by atoms with van der Waals surface area (Å²) in [6.45, 7) is 0. The molecular weight excluding hydrogens is 364 g/mol. The van der Waals surface area contributed by atoms with E-state index in [1.54, 1.807) is 20.3 Å². The summed E-state index contributed by atoms with van der Waals surface area (Å²) in [5.41, 5.74) is 4.84. The summed E-state index contributed by atoms with van der Waals surface area (Å²) in [6, 6.07) is 23.6. The van der Waals surface area contributed by atoms with Crippen LogP contribution in [0.15, 0.2) is 72.8 Å². The van der Waals surface area contributed by atoms with Crippen LogP contribution in [0.3, 0.4) is 0 Å². The molecule has 0 aliphatic rings. The number of aromatic amines is 1. The van der Waals surface area contributed by atoms with Gasteiger partial charge in [0.05, 0.1) is 20.6 Å². The topological polar surface area (TPSA) is 63.3 Å². The van der Waals surface area contributed by atoms with Gasteiger partial charge in [-0.3, -0.25) is 4.79 Å². The third-order valence-corrected chi connectivity index (χ3v) is 4.82. The van der Waals surface area contributed by atoms with Crippen molar-refractivity contribution in [2.45, 2.75) is 6.42 Å². The number of aromatic nitrogens is 1. The van der Waals surface area contributed by atoms with E-state index in [1.165, 1.54) is 5.39 Å². The standard InChI is InChI=1S/C24H22N2O3/c1-28-22-12-7-16(13-23(22)29-2)14-24(27)25-19-10-8-17(9-11-19)21-15-18-5-3-4-6-20(18)26-21/h3-13,15,26H,14H2,1-2H3,(H,25,27). The van der Waals surface area contributed by atoms with Crippen molar-refractivity contribution in [1.82, 2.24) is 4.98 Å². The monoisotopic (exact) mass is 386 g/mol. The minimum Gasteiger partial charge on any atom is -0.493 e. The number of ether oxygens (including phenoxy) is 2. The normalized spacial score (nSPS) is 10.7. The second-order valence-corrected chi connectivity index (χ2v) is 6.76. The Kier molecular flexibility index (Phi) is 5.20. The number of H-pyrrole nitrogens is 1. The van der Waals surface area contributed by atoms with E-state index >= 15 is 0 Å². The Bertz CT molecular complexity index is 1110. The van der Waals surface area contributed by atoms with E-state index in [0.29, 0.717) is 11.5 Å². The lowest BCUT2D eigenvalue weighted by Crippen LogP contribution is -2.14. The van der Waals surface area contributed by atoms with Crippen molar-refractivity contribution >= 4 is 22.5 Å². The van der Waals surface area contributed by atoms with Crippen LogP contribution in [0.1, 0.15) is 5.56 Å². The third-order valence-electron chi connectivity index (χ3n) is 4.82. The molecule has 0 saturated carbocycles. The van der Waals surface area contributed by atoms with Crippen LogP contribution in [0.5, 0.6) is 11.5 Å². The predicted molar refractivity (Wildman–Crippen MR) is 116 cm³/mol. The highest BCUT2D eigenvalue weighted by Crippen LogP contribution is 2.28. The number of methoxy groups -OCH3 is 2. The average molecular weight is 386 g/mol. The van der Waals surface area contributed by atoms with Gasteiger partial charge in [-0.25, -0.2) is 0 Å². The van der Waals surface area contributed by atoms with Gasteiger partial charge in [0.1, 0.15) is 0 Å². The highest BCUT2D eigenvalue weighted by atomic mass is 16.5. The van der Waals surface area contributed by atoms with Crippen molar-refractivity contribution < 1.29 is 14.3 Å². The number of amides is 1. The Morgan fingerprint density at radius 3 is 2.38 bits per heavy atom. The number of carbonyl (C=O) groups is 1. The quantitative estimate of drug-likeness (QED) is 0.488. The van der Waals surface area contributed by atoms with E-state index in [-0.39, 0.29) is 12.3 Å². The van der Waals surface area contributed by atoms with E-state index in [4.69, 9.17) is 9.47 Å². The third kappa shape index (κ3) is 4.09. The molecule has 5 heteroatoms. The molecule has 1 heterocycles. The van der Waals surface area contributed by atoms with E-state index in [2.05, 4.69) is 28.5 Å². The number of fused-ring (bicyclic) bond motifs is 1. The largest absolute Gasteiger partial charge is 0.493 e. The maximum Gasteiger partial charge on any atom is 0.228 e. The summed E-state index contributed by atoms with van der Waals surface area (Å²) in [5, 5.41) is 4.12. The van der Waals surface area contributed by atoms with Gasteiger partial charge in [0, 0.05) is 22.3 Å². The smallest absolute Gasteiger partial charge is 0.228 e. The summed E-state index contributed by atoms with van der Waals surface area (Å²) in [5.74, 6) is 1.17. The molecule has 0 aliphatic heterocycles. The number of anilines is 1. The van der Waals surface area contributed by atoms with Gasteiger partial charge in [0.25, 0.3) is 0 Å². The molecule has 29 heavy (non-hydrogen) atoms. The fourth-order valence-electron chi connectivity index (χ4n) is 3.34. The second kappa shape index (κ2) is 8.10. The first kappa shape index (κ1) is 18.6. The summed E-state index contributed by atoms with van der Waals surface area (Å²) in [4.78, 5) is 15.8. The van der Waals surface area contributed by atoms with Crippen LogP contribution >= 0.6 is 0 Å². The van der Waals surface area contributed by atoms with E-state index in [9.17, 15) is 4.79 Å². The zero-order chi connectivity index (χ0) is 20.2. The van der Waals surface area contributed by atoms with Crippen molar-refractivity contribution in [2.24, 2.45) is 0 Å². The van der Waals surface area contributed by atoms with Crippen molar-refractivity contribution in [3.63, 3.8) is 0 Å². The fraction of sp³-hybridized carbons (Fsp3) is 0.125. The van der Waals surface area contributed by atoms with Crippen LogP contribution in [-0.2, 0) is 11.2 Å². The van der Waals surface area contributed by atoms with Gasteiger partial charge in [0.15, 0.2) is 11.5 Å². The Morgan fingerprint density at radius 2 is 1.66 bits per heavy atom. The Hall–Kier alpha value is -3.73. The minimum atomic E-state index is -0.0874. The molecule has 2 N–H and O–H groups in total. The molecule has 0 fully saturated rings. The number of hydrogen-bond donors (Lipinski definition) is 2. The van der Waals surface area contributed by atoms with Crippen LogP contribution in [0.4, 0.5) is 5.69 Å². The van der Waals surface area contributed by atoms with Crippen molar-refractivity contribution in [2.75, 3.05) is 19.5 Å². The molecule has 5 nitrogen and oxygen atoms in total. The highest BCUT2D eigenvalue weighted by Gasteiger charge is 2.09. The number of nitrogens with one attached hydrogen (secondary N) is 2. The molecule has 1 aromatic heterocycles. The maximum atomic E-state index is 12.4. The van der Waals surface area contributed by atoms with Crippen molar-refractivity contribution in [1.29, 1.82) is 0 Å². The Labute approximate surface area is 169 Å². The van der Waals surface area contributed by atoms with Gasteiger partial charge >= 0.3 is 0 Å². The zero-order valence-corrected chi connectivity index (χ0v) is 16.4. The average Bonchev–Trinajstić information content (AvgIpc) is 3.18. The minimum absolute atomic E-state index is 0.0874. The molecule has 3 aromatic carbocycles. The summed E-state index contributed by atoms with van der Waals surface area (Å²) >= 11 is 0. The molecule has 4 rings (SSSR count). The van der Waals surface area contributed by atoms with Crippen LogP contribution in [0, 0.1) is 0 Å². The first-order valence-electron chi connectivity index (χ1n) is 9.35. The Balaban J connectivity index is 1.44. The van der Waals surface area contributed by atoms with Crippen LogP contribution in [0.25, 0.3) is 22.2 Å². The number of carbonyl (C=O) groups excluding carboxylic acids is 1. The van der Waals surface area contributed by atoms with Crippen molar-refractivity contribution in [3.05, 3.63) is 78.4 Å². The van der Waals surface area contributed by atoms with Gasteiger partial charge in [0.2, 0.25) is 5.91 Å². The van der Waals surface area contributed by atoms with E-state index in [1.807, 2.05) is 48.5 Å². The number of benzene rings is 3. The van der Waals surface area contributed by atoms with Crippen LogP contribution in [-0.4, -0.2) is 25.1 Å². The van der Waals surface area contributed by atoms with Gasteiger partial charge in [-0.2, -0.15) is 0 Å². The van der Waals surface area contributed by atoms with Gasteiger partial charge < -0.3 is 19.8 Å². The molecule has 0 atom stereocenters. The molecule has 0 spiro atoms. The van der Waals surface area contributed by atoms with Gasteiger partial charge in [-0.1, -0.05) is 36.4 Å². The number of rotatable bonds is 6. The van der Waals surface area contributed by atoms with Gasteiger partial charge in [-0.05, 0) is 47.5 Å². The molecule has 0 radical (unpaired) electrons. The predicted octanol–water partition coefficient (Wildman–Crippen LogP) is 5.03. The molecule has 1 amide bonds.